The van der Waals surface area contributed by atoms with Crippen LogP contribution in [-0.2, 0) is 0 Å². The lowest BCUT2D eigenvalue weighted by atomic mass is 10.1. The Labute approximate surface area is 126 Å². The number of benzene rings is 1. The van der Waals surface area contributed by atoms with Crippen molar-refractivity contribution in [2.45, 2.75) is 33.2 Å². The Hall–Kier alpha value is -1.88. The van der Waals surface area contributed by atoms with Crippen LogP contribution < -0.4 is 10.1 Å². The van der Waals surface area contributed by atoms with E-state index in [9.17, 15) is 0 Å². The second kappa shape index (κ2) is 6.72. The zero-order valence-electron chi connectivity index (χ0n) is 13.2. The summed E-state index contributed by atoms with van der Waals surface area (Å²) < 4.78 is 7.37. The minimum atomic E-state index is 0.126. The Kier molecular flexibility index (Phi) is 4.96. The van der Waals surface area contributed by atoms with Gasteiger partial charge in [0.15, 0.2) is 0 Å². The third kappa shape index (κ3) is 5.19. The van der Waals surface area contributed by atoms with Crippen LogP contribution in [0.5, 0.6) is 6.01 Å². The molecule has 1 unspecified atom stereocenters. The normalized spacial score (nSPS) is 13.1. The average molecular weight is 288 g/mol. The summed E-state index contributed by atoms with van der Waals surface area (Å²) in [5.74, 6) is 0.396. The van der Waals surface area contributed by atoms with Gasteiger partial charge in [-0.05, 0) is 32.9 Å². The lowest BCUT2D eigenvalue weighted by Crippen LogP contribution is -2.39. The topological polar surface area (TPSA) is 52.0 Å². The first-order valence-electron chi connectivity index (χ1n) is 7.29. The maximum atomic E-state index is 5.65. The van der Waals surface area contributed by atoms with Crippen molar-refractivity contribution in [2.75, 3.05) is 13.2 Å². The summed E-state index contributed by atoms with van der Waals surface area (Å²) in [5.41, 5.74) is 1.10. The number of para-hydroxylation sites is 1. The van der Waals surface area contributed by atoms with Gasteiger partial charge < -0.3 is 10.1 Å². The summed E-state index contributed by atoms with van der Waals surface area (Å²) in [7, 11) is 0. The van der Waals surface area contributed by atoms with E-state index in [1.54, 1.807) is 11.0 Å². The fraction of sp³-hybridized carbons (Fsp3) is 0.500. The maximum absolute atomic E-state index is 5.65. The molecular weight excluding hydrogens is 264 g/mol. The quantitative estimate of drug-likeness (QED) is 0.888. The number of nitrogens with one attached hydrogen (secondary N) is 1. The lowest BCUT2D eigenvalue weighted by Gasteiger charge is -2.23. The van der Waals surface area contributed by atoms with E-state index in [0.717, 1.165) is 12.2 Å². The van der Waals surface area contributed by atoms with Crippen molar-refractivity contribution in [3.8, 4) is 11.7 Å². The maximum Gasteiger partial charge on any atom is 0.335 e. The molecule has 2 aromatic rings. The zero-order chi connectivity index (χ0) is 15.3. The lowest BCUT2D eigenvalue weighted by molar-refractivity contribution is 0.228. The summed E-state index contributed by atoms with van der Waals surface area (Å²) >= 11 is 0. The van der Waals surface area contributed by atoms with Crippen LogP contribution in [0.15, 0.2) is 36.7 Å². The third-order valence-electron chi connectivity index (χ3n) is 2.97. The van der Waals surface area contributed by atoms with Gasteiger partial charge in [0.1, 0.15) is 6.33 Å². The number of rotatable bonds is 6. The molecule has 1 atom stereocenters. The van der Waals surface area contributed by atoms with Crippen molar-refractivity contribution < 1.29 is 4.74 Å². The van der Waals surface area contributed by atoms with E-state index >= 15 is 0 Å². The molecule has 0 bridgehead atoms. The van der Waals surface area contributed by atoms with E-state index in [1.165, 1.54) is 0 Å². The molecule has 0 saturated carbocycles. The van der Waals surface area contributed by atoms with Crippen LogP contribution >= 0.6 is 0 Å². The average Bonchev–Trinajstić information content (AvgIpc) is 2.92. The molecule has 0 spiro atoms. The smallest absolute Gasteiger partial charge is 0.335 e. The zero-order valence-corrected chi connectivity index (χ0v) is 13.2. The summed E-state index contributed by atoms with van der Waals surface area (Å²) in [6, 6.07) is 10.3. The number of ether oxygens (including phenoxy) is 1. The summed E-state index contributed by atoms with van der Waals surface area (Å²) in [6.45, 7) is 10.1. The van der Waals surface area contributed by atoms with Crippen molar-refractivity contribution in [1.29, 1.82) is 0 Å². The van der Waals surface area contributed by atoms with E-state index in [2.05, 4.69) is 43.1 Å². The molecule has 0 radical (unpaired) electrons. The molecule has 5 heteroatoms. The summed E-state index contributed by atoms with van der Waals surface area (Å²) in [6.07, 6.45) is 1.67. The standard InChI is InChI=1S/C16H24N4O/c1-13(10-18-16(2,3)4)11-21-15-17-12-20(19-15)14-8-6-5-7-9-14/h5-9,12-13,18H,10-11H2,1-4H3. The second-order valence-electron chi connectivity index (χ2n) is 6.35. The Morgan fingerprint density at radius 1 is 1.24 bits per heavy atom. The number of aromatic nitrogens is 3. The van der Waals surface area contributed by atoms with Crippen LogP contribution in [0.3, 0.4) is 0 Å². The van der Waals surface area contributed by atoms with Gasteiger partial charge in [-0.25, -0.2) is 4.68 Å². The minimum Gasteiger partial charge on any atom is -0.462 e. The first-order chi connectivity index (χ1) is 9.94. The molecule has 1 aromatic heterocycles. The van der Waals surface area contributed by atoms with Gasteiger partial charge in [0.05, 0.1) is 12.3 Å². The van der Waals surface area contributed by atoms with E-state index < -0.39 is 0 Å². The molecule has 0 saturated heterocycles. The highest BCUT2D eigenvalue weighted by Gasteiger charge is 2.12. The molecular formula is C16H24N4O. The van der Waals surface area contributed by atoms with Crippen LogP contribution in [0, 0.1) is 5.92 Å². The third-order valence-corrected chi connectivity index (χ3v) is 2.97. The largest absolute Gasteiger partial charge is 0.462 e. The molecule has 5 nitrogen and oxygen atoms in total. The highest BCUT2D eigenvalue weighted by atomic mass is 16.5. The van der Waals surface area contributed by atoms with Crippen LogP contribution in [0.2, 0.25) is 0 Å². The van der Waals surface area contributed by atoms with Crippen LogP contribution in [0.4, 0.5) is 0 Å². The highest BCUT2D eigenvalue weighted by molar-refractivity contribution is 5.29. The van der Waals surface area contributed by atoms with Crippen molar-refractivity contribution in [3.05, 3.63) is 36.7 Å². The Bertz CT molecular complexity index is 545. The van der Waals surface area contributed by atoms with E-state index in [1.807, 2.05) is 30.3 Å². The van der Waals surface area contributed by atoms with Gasteiger partial charge >= 0.3 is 6.01 Å². The van der Waals surface area contributed by atoms with Gasteiger partial charge in [-0.1, -0.05) is 25.1 Å². The van der Waals surface area contributed by atoms with Gasteiger partial charge in [0, 0.05) is 18.0 Å². The molecule has 21 heavy (non-hydrogen) atoms. The van der Waals surface area contributed by atoms with Crippen molar-refractivity contribution in [1.82, 2.24) is 20.1 Å². The van der Waals surface area contributed by atoms with Crippen molar-refractivity contribution in [3.63, 3.8) is 0 Å². The molecule has 1 aromatic carbocycles. The van der Waals surface area contributed by atoms with Gasteiger partial charge in [-0.2, -0.15) is 4.98 Å². The molecule has 114 valence electrons. The van der Waals surface area contributed by atoms with E-state index in [-0.39, 0.29) is 5.54 Å². The van der Waals surface area contributed by atoms with Crippen LogP contribution in [-0.4, -0.2) is 33.5 Å². The predicted molar refractivity (Wildman–Crippen MR) is 83.8 cm³/mol. The number of hydrogen-bond acceptors (Lipinski definition) is 4. The Balaban J connectivity index is 1.83. The molecule has 2 rings (SSSR count). The van der Waals surface area contributed by atoms with Gasteiger partial charge in [-0.15, -0.1) is 5.10 Å². The minimum absolute atomic E-state index is 0.126. The first-order valence-corrected chi connectivity index (χ1v) is 7.29. The molecule has 0 aliphatic heterocycles. The molecule has 0 aliphatic rings. The second-order valence-corrected chi connectivity index (χ2v) is 6.35. The van der Waals surface area contributed by atoms with Crippen LogP contribution in [0.1, 0.15) is 27.7 Å². The fourth-order valence-corrected chi connectivity index (χ4v) is 1.78. The van der Waals surface area contributed by atoms with Crippen molar-refractivity contribution >= 4 is 0 Å². The molecule has 0 aliphatic carbocycles. The van der Waals surface area contributed by atoms with E-state index in [0.29, 0.717) is 18.5 Å². The molecule has 1 N–H and O–H groups in total. The molecule has 0 amide bonds. The molecule has 0 fully saturated rings. The van der Waals surface area contributed by atoms with Gasteiger partial charge in [0.25, 0.3) is 0 Å². The number of nitrogens with zero attached hydrogens (tertiary/aromatic N) is 3. The fourth-order valence-electron chi connectivity index (χ4n) is 1.78. The Morgan fingerprint density at radius 3 is 2.62 bits per heavy atom. The van der Waals surface area contributed by atoms with E-state index in [4.69, 9.17) is 4.74 Å². The van der Waals surface area contributed by atoms with Crippen molar-refractivity contribution in [2.24, 2.45) is 5.92 Å². The number of hydrogen-bond donors (Lipinski definition) is 1. The monoisotopic (exact) mass is 288 g/mol. The summed E-state index contributed by atoms with van der Waals surface area (Å²) in [5, 5.41) is 7.79. The highest BCUT2D eigenvalue weighted by Crippen LogP contribution is 2.09. The SMILES string of the molecule is CC(CNC(C)(C)C)COc1ncn(-c2ccccc2)n1. The Morgan fingerprint density at radius 2 is 1.95 bits per heavy atom. The first kappa shape index (κ1) is 15.5. The van der Waals surface area contributed by atoms with Gasteiger partial charge in [0.2, 0.25) is 0 Å². The molecule has 1 heterocycles. The van der Waals surface area contributed by atoms with Gasteiger partial charge in [-0.3, -0.25) is 0 Å². The predicted octanol–water partition coefficient (Wildman–Crippen LogP) is 2.67. The van der Waals surface area contributed by atoms with Crippen LogP contribution in [0.25, 0.3) is 5.69 Å². The summed E-state index contributed by atoms with van der Waals surface area (Å²) in [4.78, 5) is 4.18.